The van der Waals surface area contributed by atoms with Gasteiger partial charge < -0.3 is 10.1 Å². The van der Waals surface area contributed by atoms with Crippen molar-refractivity contribution < 1.29 is 9.53 Å². The normalized spacial score (nSPS) is 17.4. The molecule has 2 heterocycles. The number of thiazole rings is 1. The number of carbonyl (C=O) groups excluding carboxylic acids is 1. The van der Waals surface area contributed by atoms with Gasteiger partial charge in [-0.1, -0.05) is 29.8 Å². The molecule has 1 fully saturated rings. The summed E-state index contributed by atoms with van der Waals surface area (Å²) < 4.78 is 5.39. The summed E-state index contributed by atoms with van der Waals surface area (Å²) in [6.45, 7) is 5.80. The van der Waals surface area contributed by atoms with Crippen molar-refractivity contribution in [3.05, 3.63) is 35.2 Å². The summed E-state index contributed by atoms with van der Waals surface area (Å²) in [5.41, 5.74) is 3.18. The molecule has 0 aliphatic carbocycles. The number of benzene rings is 1. The smallest absolute Gasteiger partial charge is 0.243 e. The van der Waals surface area contributed by atoms with Gasteiger partial charge in [0.25, 0.3) is 0 Å². The molecular formula is C19H25N3O2S. The highest BCUT2D eigenvalue weighted by molar-refractivity contribution is 7.14. The van der Waals surface area contributed by atoms with Gasteiger partial charge >= 0.3 is 0 Å². The highest BCUT2D eigenvalue weighted by Crippen LogP contribution is 2.25. The van der Waals surface area contributed by atoms with Crippen LogP contribution in [0.2, 0.25) is 0 Å². The molecule has 1 unspecified atom stereocenters. The van der Waals surface area contributed by atoms with Crippen molar-refractivity contribution in [2.75, 3.05) is 25.5 Å². The van der Waals surface area contributed by atoms with Crippen LogP contribution in [0, 0.1) is 6.92 Å². The Labute approximate surface area is 153 Å². The third kappa shape index (κ3) is 4.45. The highest BCUT2D eigenvalue weighted by Gasteiger charge is 2.26. The Morgan fingerprint density at radius 1 is 1.32 bits per heavy atom. The van der Waals surface area contributed by atoms with Gasteiger partial charge in [-0.3, -0.25) is 9.69 Å². The van der Waals surface area contributed by atoms with E-state index < -0.39 is 0 Å². The monoisotopic (exact) mass is 359 g/mol. The van der Waals surface area contributed by atoms with Crippen molar-refractivity contribution in [1.82, 2.24) is 9.88 Å². The maximum Gasteiger partial charge on any atom is 0.243 e. The minimum Gasteiger partial charge on any atom is -0.381 e. The van der Waals surface area contributed by atoms with Crippen LogP contribution in [-0.4, -0.2) is 48.1 Å². The fourth-order valence-corrected chi connectivity index (χ4v) is 3.79. The van der Waals surface area contributed by atoms with E-state index in [1.54, 1.807) is 7.11 Å². The van der Waals surface area contributed by atoms with E-state index in [1.807, 2.05) is 12.3 Å². The van der Waals surface area contributed by atoms with E-state index in [-0.39, 0.29) is 11.9 Å². The lowest BCUT2D eigenvalue weighted by molar-refractivity contribution is -0.121. The van der Waals surface area contributed by atoms with Crippen LogP contribution in [0.15, 0.2) is 29.6 Å². The topological polar surface area (TPSA) is 54.5 Å². The minimum absolute atomic E-state index is 0.000623. The number of nitrogens with one attached hydrogen (secondary N) is 1. The second-order valence-corrected chi connectivity index (χ2v) is 7.40. The van der Waals surface area contributed by atoms with Gasteiger partial charge in [0.2, 0.25) is 5.91 Å². The van der Waals surface area contributed by atoms with Gasteiger partial charge in [-0.05, 0) is 26.7 Å². The van der Waals surface area contributed by atoms with Crippen LogP contribution in [0.1, 0.15) is 25.3 Å². The maximum absolute atomic E-state index is 12.5. The number of anilines is 1. The first-order valence-electron chi connectivity index (χ1n) is 8.67. The fraction of sp³-hybridized carbons (Fsp3) is 0.474. The number of carbonyl (C=O) groups is 1. The zero-order chi connectivity index (χ0) is 17.8. The molecule has 25 heavy (non-hydrogen) atoms. The van der Waals surface area contributed by atoms with Crippen molar-refractivity contribution in [1.29, 1.82) is 0 Å². The average molecular weight is 359 g/mol. The maximum atomic E-state index is 12.5. The van der Waals surface area contributed by atoms with Gasteiger partial charge in [0.15, 0.2) is 5.13 Å². The van der Waals surface area contributed by atoms with Crippen LogP contribution in [-0.2, 0) is 9.53 Å². The highest BCUT2D eigenvalue weighted by atomic mass is 32.1. The molecule has 134 valence electrons. The predicted molar refractivity (Wildman–Crippen MR) is 102 cm³/mol. The third-order valence-corrected chi connectivity index (χ3v) is 5.58. The molecular weight excluding hydrogens is 334 g/mol. The summed E-state index contributed by atoms with van der Waals surface area (Å²) in [5.74, 6) is 0.000623. The molecule has 1 atom stereocenters. The Morgan fingerprint density at radius 2 is 2.00 bits per heavy atom. The number of piperidine rings is 1. The molecule has 1 aromatic heterocycles. The van der Waals surface area contributed by atoms with E-state index in [4.69, 9.17) is 4.74 Å². The molecule has 1 N–H and O–H groups in total. The van der Waals surface area contributed by atoms with Gasteiger partial charge in [0.05, 0.1) is 17.8 Å². The number of nitrogens with zero attached hydrogens (tertiary/aromatic N) is 2. The van der Waals surface area contributed by atoms with E-state index in [0.717, 1.165) is 37.2 Å². The standard InChI is InChI=1S/C19H25N3O2S/c1-13-4-6-15(7-5-13)17-12-25-19(20-17)21-18(23)14(2)22-10-8-16(24-3)9-11-22/h4-7,12,14,16H,8-11H2,1-3H3,(H,20,21,23). The molecule has 1 aliphatic heterocycles. The second-order valence-electron chi connectivity index (χ2n) is 6.54. The number of rotatable bonds is 5. The fourth-order valence-electron chi connectivity index (χ4n) is 3.06. The predicted octanol–water partition coefficient (Wildman–Crippen LogP) is 3.56. The van der Waals surface area contributed by atoms with Crippen LogP contribution in [0.4, 0.5) is 5.13 Å². The van der Waals surface area contributed by atoms with Crippen molar-refractivity contribution in [3.63, 3.8) is 0 Å². The Morgan fingerprint density at radius 3 is 2.64 bits per heavy atom. The number of ether oxygens (including phenoxy) is 1. The number of methoxy groups -OCH3 is 1. The Hall–Kier alpha value is -1.76. The van der Waals surface area contributed by atoms with Gasteiger partial charge in [0, 0.05) is 31.1 Å². The SMILES string of the molecule is COC1CCN(C(C)C(=O)Nc2nc(-c3ccc(C)cc3)cs2)CC1. The Bertz CT molecular complexity index is 706. The lowest BCUT2D eigenvalue weighted by Gasteiger charge is -2.34. The average Bonchev–Trinajstić information content (AvgIpc) is 3.10. The molecule has 2 aromatic rings. The molecule has 0 saturated carbocycles. The summed E-state index contributed by atoms with van der Waals surface area (Å²) in [4.78, 5) is 19.3. The van der Waals surface area contributed by atoms with Crippen LogP contribution in [0.3, 0.4) is 0 Å². The quantitative estimate of drug-likeness (QED) is 0.887. The summed E-state index contributed by atoms with van der Waals surface area (Å²) in [6.07, 6.45) is 2.27. The van der Waals surface area contributed by atoms with E-state index in [0.29, 0.717) is 11.2 Å². The van der Waals surface area contributed by atoms with Crippen LogP contribution in [0.25, 0.3) is 11.3 Å². The molecule has 1 aliphatic rings. The molecule has 0 spiro atoms. The van der Waals surface area contributed by atoms with Gasteiger partial charge in [-0.15, -0.1) is 11.3 Å². The Kier molecular flexibility index (Phi) is 5.83. The van der Waals surface area contributed by atoms with Crippen LogP contribution < -0.4 is 5.32 Å². The second kappa shape index (κ2) is 8.08. The lowest BCUT2D eigenvalue weighted by atomic mass is 10.1. The van der Waals surface area contributed by atoms with Crippen LogP contribution in [0.5, 0.6) is 0 Å². The number of aryl methyl sites for hydroxylation is 1. The molecule has 3 rings (SSSR count). The van der Waals surface area contributed by atoms with Crippen molar-refractivity contribution in [2.45, 2.75) is 38.8 Å². The summed E-state index contributed by atoms with van der Waals surface area (Å²) in [6, 6.07) is 8.08. The van der Waals surface area contributed by atoms with Gasteiger partial charge in [-0.2, -0.15) is 0 Å². The number of likely N-dealkylation sites (tertiary alicyclic amines) is 1. The van der Waals surface area contributed by atoms with Crippen molar-refractivity contribution in [2.24, 2.45) is 0 Å². The van der Waals surface area contributed by atoms with Crippen LogP contribution >= 0.6 is 11.3 Å². The largest absolute Gasteiger partial charge is 0.381 e. The number of hydrogen-bond acceptors (Lipinski definition) is 5. The molecule has 5 nitrogen and oxygen atoms in total. The summed E-state index contributed by atoms with van der Waals surface area (Å²) in [7, 11) is 1.75. The third-order valence-electron chi connectivity index (χ3n) is 4.82. The molecule has 0 radical (unpaired) electrons. The molecule has 6 heteroatoms. The number of aromatic nitrogens is 1. The first kappa shape index (κ1) is 18.0. The molecule has 1 amide bonds. The zero-order valence-corrected chi connectivity index (χ0v) is 15.8. The zero-order valence-electron chi connectivity index (χ0n) is 15.0. The molecule has 0 bridgehead atoms. The van der Waals surface area contributed by atoms with Crippen molar-refractivity contribution >= 4 is 22.4 Å². The Balaban J connectivity index is 1.59. The molecule has 1 aromatic carbocycles. The summed E-state index contributed by atoms with van der Waals surface area (Å²) in [5, 5.41) is 5.59. The minimum atomic E-state index is -0.162. The summed E-state index contributed by atoms with van der Waals surface area (Å²) >= 11 is 1.46. The first-order valence-corrected chi connectivity index (χ1v) is 9.55. The van der Waals surface area contributed by atoms with Crippen molar-refractivity contribution in [3.8, 4) is 11.3 Å². The number of amides is 1. The lowest BCUT2D eigenvalue weighted by Crippen LogP contribution is -2.47. The van der Waals surface area contributed by atoms with Gasteiger partial charge in [-0.25, -0.2) is 4.98 Å². The molecule has 1 saturated heterocycles. The van der Waals surface area contributed by atoms with Gasteiger partial charge in [0.1, 0.15) is 0 Å². The number of hydrogen-bond donors (Lipinski definition) is 1. The first-order chi connectivity index (χ1) is 12.1. The van der Waals surface area contributed by atoms with E-state index >= 15 is 0 Å². The van der Waals surface area contributed by atoms with E-state index in [2.05, 4.69) is 46.4 Å². The van der Waals surface area contributed by atoms with E-state index in [9.17, 15) is 4.79 Å². The van der Waals surface area contributed by atoms with E-state index in [1.165, 1.54) is 16.9 Å².